The van der Waals surface area contributed by atoms with Gasteiger partial charge in [0.1, 0.15) is 0 Å². The van der Waals surface area contributed by atoms with Crippen molar-refractivity contribution in [2.45, 2.75) is 52.4 Å². The normalized spacial score (nSPS) is 29.1. The molecule has 0 aliphatic carbocycles. The first kappa shape index (κ1) is 9.92. The lowest BCUT2D eigenvalue weighted by molar-refractivity contribution is -0.122. The van der Waals surface area contributed by atoms with E-state index in [9.17, 15) is 0 Å². The van der Waals surface area contributed by atoms with Crippen LogP contribution in [0.15, 0.2) is 0 Å². The average Bonchev–Trinajstić information content (AvgIpc) is 2.15. The minimum absolute atomic E-state index is 0.0839. The molecular formula is C8H18O2. The lowest BCUT2D eigenvalue weighted by Crippen LogP contribution is -2.19. The van der Waals surface area contributed by atoms with E-state index in [1.54, 1.807) is 0 Å². The standard InChI is InChI=1S/C6H12O2.C2H6/c1-6(2)4-3-5(7)8-6;1-2/h5,7H,3-4H2,1-2H3;1-2H3. The van der Waals surface area contributed by atoms with E-state index >= 15 is 0 Å². The number of aliphatic hydroxyl groups excluding tert-OH is 1. The van der Waals surface area contributed by atoms with Crippen molar-refractivity contribution in [1.29, 1.82) is 0 Å². The lowest BCUT2D eigenvalue weighted by Gasteiger charge is -2.15. The van der Waals surface area contributed by atoms with Gasteiger partial charge in [-0.1, -0.05) is 13.8 Å². The smallest absolute Gasteiger partial charge is 0.155 e. The molecule has 0 saturated carbocycles. The van der Waals surface area contributed by atoms with Gasteiger partial charge in [-0.3, -0.25) is 0 Å². The third-order valence-electron chi connectivity index (χ3n) is 1.45. The summed E-state index contributed by atoms with van der Waals surface area (Å²) in [7, 11) is 0. The molecule has 10 heavy (non-hydrogen) atoms. The summed E-state index contributed by atoms with van der Waals surface area (Å²) in [6.07, 6.45) is 1.24. The van der Waals surface area contributed by atoms with Gasteiger partial charge >= 0.3 is 0 Å². The molecule has 1 aliphatic rings. The van der Waals surface area contributed by atoms with Crippen molar-refractivity contribution < 1.29 is 9.84 Å². The van der Waals surface area contributed by atoms with Crippen LogP contribution < -0.4 is 0 Å². The first-order chi connectivity index (χ1) is 4.60. The van der Waals surface area contributed by atoms with E-state index in [1.165, 1.54) is 0 Å². The third-order valence-corrected chi connectivity index (χ3v) is 1.45. The van der Waals surface area contributed by atoms with Gasteiger partial charge in [0.15, 0.2) is 6.29 Å². The molecule has 0 aromatic carbocycles. The fourth-order valence-corrected chi connectivity index (χ4v) is 0.957. The van der Waals surface area contributed by atoms with Gasteiger partial charge in [-0.25, -0.2) is 0 Å². The van der Waals surface area contributed by atoms with E-state index in [0.29, 0.717) is 0 Å². The zero-order valence-electron chi connectivity index (χ0n) is 7.35. The summed E-state index contributed by atoms with van der Waals surface area (Å²) in [6.45, 7) is 7.98. The summed E-state index contributed by atoms with van der Waals surface area (Å²) in [5, 5.41) is 8.84. The molecule has 1 atom stereocenters. The van der Waals surface area contributed by atoms with Crippen LogP contribution in [-0.2, 0) is 4.74 Å². The molecule has 2 heteroatoms. The third kappa shape index (κ3) is 3.18. The van der Waals surface area contributed by atoms with Gasteiger partial charge < -0.3 is 9.84 Å². The van der Waals surface area contributed by atoms with Crippen LogP contribution in [0.1, 0.15) is 40.5 Å². The molecule has 62 valence electrons. The minimum atomic E-state index is -0.509. The van der Waals surface area contributed by atoms with Gasteiger partial charge in [-0.05, 0) is 20.3 Å². The van der Waals surface area contributed by atoms with Gasteiger partial charge in [-0.2, -0.15) is 0 Å². The number of hydrogen-bond donors (Lipinski definition) is 1. The second-order valence-corrected chi connectivity index (χ2v) is 2.87. The summed E-state index contributed by atoms with van der Waals surface area (Å²) < 4.78 is 5.10. The zero-order valence-corrected chi connectivity index (χ0v) is 7.35. The molecule has 1 heterocycles. The second kappa shape index (κ2) is 3.94. The summed E-state index contributed by atoms with van der Waals surface area (Å²) in [4.78, 5) is 0. The predicted octanol–water partition coefficient (Wildman–Crippen LogP) is 1.92. The molecule has 0 amide bonds. The van der Waals surface area contributed by atoms with E-state index in [-0.39, 0.29) is 5.60 Å². The topological polar surface area (TPSA) is 29.5 Å². The largest absolute Gasteiger partial charge is 0.368 e. The van der Waals surface area contributed by atoms with Crippen molar-refractivity contribution in [3.05, 3.63) is 0 Å². The molecule has 1 rings (SSSR count). The van der Waals surface area contributed by atoms with Crippen molar-refractivity contribution in [2.75, 3.05) is 0 Å². The second-order valence-electron chi connectivity index (χ2n) is 2.87. The monoisotopic (exact) mass is 146 g/mol. The van der Waals surface area contributed by atoms with E-state index in [0.717, 1.165) is 12.8 Å². The lowest BCUT2D eigenvalue weighted by atomic mass is 10.1. The Morgan fingerprint density at radius 3 is 2.00 bits per heavy atom. The van der Waals surface area contributed by atoms with Crippen molar-refractivity contribution in [3.63, 3.8) is 0 Å². The van der Waals surface area contributed by atoms with Crippen LogP contribution in [0.25, 0.3) is 0 Å². The molecule has 1 saturated heterocycles. The molecule has 1 aliphatic heterocycles. The van der Waals surface area contributed by atoms with Crippen molar-refractivity contribution in [3.8, 4) is 0 Å². The molecule has 0 bridgehead atoms. The quantitative estimate of drug-likeness (QED) is 0.565. The van der Waals surface area contributed by atoms with Gasteiger partial charge in [0, 0.05) is 6.42 Å². The number of aliphatic hydroxyl groups is 1. The molecule has 0 aromatic rings. The minimum Gasteiger partial charge on any atom is -0.368 e. The highest BCUT2D eigenvalue weighted by atomic mass is 16.6. The molecule has 1 N–H and O–H groups in total. The van der Waals surface area contributed by atoms with E-state index < -0.39 is 6.29 Å². The molecule has 0 aromatic heterocycles. The highest BCUT2D eigenvalue weighted by Crippen LogP contribution is 2.27. The van der Waals surface area contributed by atoms with Crippen LogP contribution in [0.3, 0.4) is 0 Å². The Morgan fingerprint density at radius 1 is 1.40 bits per heavy atom. The molecule has 0 spiro atoms. The van der Waals surface area contributed by atoms with Crippen LogP contribution in [0.5, 0.6) is 0 Å². The van der Waals surface area contributed by atoms with Crippen molar-refractivity contribution >= 4 is 0 Å². The number of hydrogen-bond acceptors (Lipinski definition) is 2. The van der Waals surface area contributed by atoms with E-state index in [2.05, 4.69) is 0 Å². The molecule has 1 unspecified atom stereocenters. The van der Waals surface area contributed by atoms with Crippen LogP contribution in [0, 0.1) is 0 Å². The fourth-order valence-electron chi connectivity index (χ4n) is 0.957. The molecule has 1 fully saturated rings. The Hall–Kier alpha value is -0.0800. The number of ether oxygens (including phenoxy) is 1. The molecule has 0 radical (unpaired) electrons. The summed E-state index contributed by atoms with van der Waals surface area (Å²) in [5.74, 6) is 0. The van der Waals surface area contributed by atoms with Gasteiger partial charge in [0.25, 0.3) is 0 Å². The predicted molar refractivity (Wildman–Crippen MR) is 41.8 cm³/mol. The first-order valence-electron chi connectivity index (χ1n) is 3.96. The maximum atomic E-state index is 8.84. The van der Waals surface area contributed by atoms with E-state index in [4.69, 9.17) is 9.84 Å². The Morgan fingerprint density at radius 2 is 1.90 bits per heavy atom. The van der Waals surface area contributed by atoms with Gasteiger partial charge in [0.2, 0.25) is 0 Å². The van der Waals surface area contributed by atoms with Gasteiger partial charge in [-0.15, -0.1) is 0 Å². The molecular weight excluding hydrogens is 128 g/mol. The Kier molecular flexibility index (Phi) is 3.91. The Labute approximate surface area is 63.2 Å². The summed E-state index contributed by atoms with van der Waals surface area (Å²) in [6, 6.07) is 0. The van der Waals surface area contributed by atoms with Crippen molar-refractivity contribution in [1.82, 2.24) is 0 Å². The average molecular weight is 146 g/mol. The van der Waals surface area contributed by atoms with Crippen LogP contribution in [0.2, 0.25) is 0 Å². The van der Waals surface area contributed by atoms with Crippen LogP contribution in [0.4, 0.5) is 0 Å². The maximum absolute atomic E-state index is 8.84. The highest BCUT2D eigenvalue weighted by Gasteiger charge is 2.29. The van der Waals surface area contributed by atoms with E-state index in [1.807, 2.05) is 27.7 Å². The van der Waals surface area contributed by atoms with Crippen molar-refractivity contribution in [2.24, 2.45) is 0 Å². The Bertz CT molecular complexity index is 89.3. The number of rotatable bonds is 0. The summed E-state index contributed by atoms with van der Waals surface area (Å²) in [5.41, 5.74) is -0.0839. The van der Waals surface area contributed by atoms with Gasteiger partial charge in [0.05, 0.1) is 5.60 Å². The zero-order chi connectivity index (χ0) is 8.20. The first-order valence-corrected chi connectivity index (χ1v) is 3.96. The fraction of sp³-hybridized carbons (Fsp3) is 1.00. The maximum Gasteiger partial charge on any atom is 0.155 e. The summed E-state index contributed by atoms with van der Waals surface area (Å²) >= 11 is 0. The van der Waals surface area contributed by atoms with Crippen LogP contribution in [-0.4, -0.2) is 17.0 Å². The molecule has 2 nitrogen and oxygen atoms in total. The SMILES string of the molecule is CC.CC1(C)CCC(O)O1. The Balaban J connectivity index is 0.000000371. The highest BCUT2D eigenvalue weighted by molar-refractivity contribution is 4.75. The van der Waals surface area contributed by atoms with Crippen LogP contribution >= 0.6 is 0 Å².